The number of rotatable bonds is 3. The molecule has 0 radical (unpaired) electrons. The van der Waals surface area contributed by atoms with Gasteiger partial charge < -0.3 is 15.1 Å². The van der Waals surface area contributed by atoms with E-state index in [0.717, 1.165) is 16.7 Å². The van der Waals surface area contributed by atoms with Gasteiger partial charge in [-0.25, -0.2) is 9.18 Å². The Kier molecular flexibility index (Phi) is 6.25. The number of nitrogens with zero attached hydrogens (tertiary/aromatic N) is 2. The van der Waals surface area contributed by atoms with Gasteiger partial charge in [-0.3, -0.25) is 0 Å². The van der Waals surface area contributed by atoms with Crippen molar-refractivity contribution >= 4 is 29.2 Å². The molecule has 1 fully saturated rings. The number of hydrogen-bond donors (Lipinski definition) is 1. The minimum absolute atomic E-state index is 0.0960. The van der Waals surface area contributed by atoms with Crippen LogP contribution in [0.15, 0.2) is 36.4 Å². The molecule has 0 bridgehead atoms. The third-order valence-corrected chi connectivity index (χ3v) is 5.43. The Bertz CT molecular complexity index is 846. The van der Waals surface area contributed by atoms with Gasteiger partial charge in [-0.05, 0) is 53.9 Å². The second-order valence-electron chi connectivity index (χ2n) is 6.79. The summed E-state index contributed by atoms with van der Waals surface area (Å²) in [6.07, 6.45) is 0. The Hall–Kier alpha value is -1.82. The predicted molar refractivity (Wildman–Crippen MR) is 107 cm³/mol. The average Bonchev–Trinajstić information content (AvgIpc) is 2.64. The van der Waals surface area contributed by atoms with Crippen LogP contribution < -0.4 is 5.32 Å². The largest absolute Gasteiger partial charge is 0.323 e. The summed E-state index contributed by atoms with van der Waals surface area (Å²) in [5, 5.41) is 4.48. The highest BCUT2D eigenvalue weighted by molar-refractivity contribution is 6.33. The molecule has 2 aromatic carbocycles. The zero-order valence-electron chi connectivity index (χ0n) is 15.3. The molecule has 0 aliphatic carbocycles. The normalized spacial score (nSPS) is 17.1. The molecule has 1 saturated heterocycles. The topological polar surface area (TPSA) is 35.6 Å². The summed E-state index contributed by atoms with van der Waals surface area (Å²) in [6.45, 7) is 4.15. The van der Waals surface area contributed by atoms with E-state index in [2.05, 4.69) is 5.32 Å². The highest BCUT2D eigenvalue weighted by Crippen LogP contribution is 2.28. The second kappa shape index (κ2) is 8.46. The summed E-state index contributed by atoms with van der Waals surface area (Å²) in [4.78, 5) is 16.6. The van der Waals surface area contributed by atoms with Crippen molar-refractivity contribution in [1.82, 2.24) is 15.1 Å². The predicted octanol–water partition coefficient (Wildman–Crippen LogP) is 4.64. The molecule has 1 aliphatic heterocycles. The van der Waals surface area contributed by atoms with Gasteiger partial charge >= 0.3 is 6.03 Å². The standard InChI is InChI=1S/C20H22Cl2FN3O/c1-13-9-16(23)4-5-17(13)19-11-24-7-8-26(19)20(27)25(2)12-14-10-15(21)3-6-18(14)22/h3-6,9-10,19,24H,7-8,11-12H2,1-2H3/t19-/m1/s1. The van der Waals surface area contributed by atoms with E-state index in [9.17, 15) is 9.18 Å². The van der Waals surface area contributed by atoms with Gasteiger partial charge in [0.2, 0.25) is 0 Å². The van der Waals surface area contributed by atoms with Gasteiger partial charge in [0.1, 0.15) is 5.82 Å². The van der Waals surface area contributed by atoms with Crippen molar-refractivity contribution in [1.29, 1.82) is 0 Å². The van der Waals surface area contributed by atoms with Gasteiger partial charge in [0, 0.05) is 43.3 Å². The second-order valence-corrected chi connectivity index (χ2v) is 7.63. The summed E-state index contributed by atoms with van der Waals surface area (Å²) in [6, 6.07) is 9.68. The third-order valence-electron chi connectivity index (χ3n) is 4.82. The smallest absolute Gasteiger partial charge is 0.320 e. The zero-order chi connectivity index (χ0) is 19.6. The van der Waals surface area contributed by atoms with Crippen LogP contribution in [0.25, 0.3) is 0 Å². The Morgan fingerprint density at radius 1 is 1.30 bits per heavy atom. The van der Waals surface area contributed by atoms with Crippen LogP contribution in [0.2, 0.25) is 10.0 Å². The zero-order valence-corrected chi connectivity index (χ0v) is 16.8. The van der Waals surface area contributed by atoms with Gasteiger partial charge in [-0.2, -0.15) is 0 Å². The molecule has 1 heterocycles. The molecular weight excluding hydrogens is 388 g/mol. The minimum atomic E-state index is -0.273. The highest BCUT2D eigenvalue weighted by atomic mass is 35.5. The number of carbonyl (C=O) groups excluding carboxylic acids is 1. The van der Waals surface area contributed by atoms with Crippen LogP contribution >= 0.6 is 23.2 Å². The van der Waals surface area contributed by atoms with Crippen LogP contribution in [0.1, 0.15) is 22.7 Å². The summed E-state index contributed by atoms with van der Waals surface area (Å²) < 4.78 is 13.5. The maximum atomic E-state index is 13.5. The number of carbonyl (C=O) groups is 1. The molecule has 1 atom stereocenters. The Morgan fingerprint density at radius 3 is 2.81 bits per heavy atom. The lowest BCUT2D eigenvalue weighted by Gasteiger charge is -2.39. The van der Waals surface area contributed by atoms with E-state index in [-0.39, 0.29) is 17.9 Å². The summed E-state index contributed by atoms with van der Waals surface area (Å²) in [7, 11) is 1.75. The number of benzene rings is 2. The molecule has 0 spiro atoms. The minimum Gasteiger partial charge on any atom is -0.323 e. The fourth-order valence-electron chi connectivity index (χ4n) is 3.43. The molecule has 144 valence electrons. The monoisotopic (exact) mass is 409 g/mol. The van der Waals surface area contributed by atoms with Crippen LogP contribution in [0, 0.1) is 12.7 Å². The Morgan fingerprint density at radius 2 is 2.07 bits per heavy atom. The van der Waals surface area contributed by atoms with Crippen LogP contribution in [0.5, 0.6) is 0 Å². The van der Waals surface area contributed by atoms with Gasteiger partial charge in [0.15, 0.2) is 0 Å². The van der Waals surface area contributed by atoms with Crippen molar-refractivity contribution in [3.8, 4) is 0 Å². The van der Waals surface area contributed by atoms with Crippen LogP contribution in [-0.2, 0) is 6.54 Å². The first-order chi connectivity index (χ1) is 12.9. The molecule has 27 heavy (non-hydrogen) atoms. The van der Waals surface area contributed by atoms with E-state index in [1.807, 2.05) is 11.8 Å². The van der Waals surface area contributed by atoms with Gasteiger partial charge in [-0.15, -0.1) is 0 Å². The van der Waals surface area contributed by atoms with E-state index < -0.39 is 0 Å². The fraction of sp³-hybridized carbons (Fsp3) is 0.350. The van der Waals surface area contributed by atoms with E-state index in [1.165, 1.54) is 12.1 Å². The third kappa shape index (κ3) is 4.54. The molecule has 1 N–H and O–H groups in total. The molecule has 0 saturated carbocycles. The number of amides is 2. The van der Waals surface area contributed by atoms with E-state index >= 15 is 0 Å². The summed E-state index contributed by atoms with van der Waals surface area (Å²) >= 11 is 12.3. The lowest BCUT2D eigenvalue weighted by atomic mass is 9.98. The fourth-order valence-corrected chi connectivity index (χ4v) is 3.80. The van der Waals surface area contributed by atoms with Crippen molar-refractivity contribution in [3.63, 3.8) is 0 Å². The number of halogens is 3. The van der Waals surface area contributed by atoms with Gasteiger partial charge in [0.05, 0.1) is 6.04 Å². The maximum Gasteiger partial charge on any atom is 0.320 e. The first kappa shape index (κ1) is 19.9. The van der Waals surface area contributed by atoms with Crippen LogP contribution in [0.4, 0.5) is 9.18 Å². The molecule has 3 rings (SSSR count). The van der Waals surface area contributed by atoms with Crippen LogP contribution in [0.3, 0.4) is 0 Å². The molecule has 2 amide bonds. The number of nitrogens with one attached hydrogen (secondary N) is 1. The first-order valence-corrected chi connectivity index (χ1v) is 9.55. The SMILES string of the molecule is Cc1cc(F)ccc1[C@H]1CNCCN1C(=O)N(C)Cc1cc(Cl)ccc1Cl. The van der Waals surface area contributed by atoms with Crippen molar-refractivity contribution < 1.29 is 9.18 Å². The molecule has 1 aliphatic rings. The summed E-state index contributed by atoms with van der Waals surface area (Å²) in [5.41, 5.74) is 2.58. The van der Waals surface area contributed by atoms with Crippen molar-refractivity contribution in [2.75, 3.05) is 26.7 Å². The van der Waals surface area contributed by atoms with E-state index in [1.54, 1.807) is 36.2 Å². The average molecular weight is 410 g/mol. The van der Waals surface area contributed by atoms with Gasteiger partial charge in [-0.1, -0.05) is 29.3 Å². The van der Waals surface area contributed by atoms with Gasteiger partial charge in [0.25, 0.3) is 0 Å². The maximum absolute atomic E-state index is 13.5. The molecule has 0 unspecified atom stereocenters. The lowest BCUT2D eigenvalue weighted by molar-refractivity contribution is 0.126. The summed E-state index contributed by atoms with van der Waals surface area (Å²) in [5.74, 6) is -0.273. The Labute approximate surface area is 168 Å². The quantitative estimate of drug-likeness (QED) is 0.801. The first-order valence-electron chi connectivity index (χ1n) is 8.79. The molecule has 7 heteroatoms. The van der Waals surface area contributed by atoms with Crippen molar-refractivity contribution in [2.24, 2.45) is 0 Å². The van der Waals surface area contributed by atoms with Crippen molar-refractivity contribution in [3.05, 3.63) is 69.0 Å². The number of urea groups is 1. The van der Waals surface area contributed by atoms with Crippen molar-refractivity contribution in [2.45, 2.75) is 19.5 Å². The van der Waals surface area contributed by atoms with Crippen LogP contribution in [-0.4, -0.2) is 42.5 Å². The molecule has 0 aromatic heterocycles. The van der Waals surface area contributed by atoms with E-state index in [4.69, 9.17) is 23.2 Å². The van der Waals surface area contributed by atoms with E-state index in [0.29, 0.717) is 36.2 Å². The molecule has 2 aromatic rings. The number of piperazine rings is 1. The highest BCUT2D eigenvalue weighted by Gasteiger charge is 2.31. The molecule has 4 nitrogen and oxygen atoms in total. The Balaban J connectivity index is 1.81. The number of aryl methyl sites for hydroxylation is 1. The lowest BCUT2D eigenvalue weighted by Crippen LogP contribution is -2.52. The number of hydrogen-bond acceptors (Lipinski definition) is 2. The molecular formula is C20H22Cl2FN3O.